The molecule has 6 nitrogen and oxygen atoms in total. The summed E-state index contributed by atoms with van der Waals surface area (Å²) in [6, 6.07) is 9.86. The van der Waals surface area contributed by atoms with Gasteiger partial charge in [0.1, 0.15) is 5.82 Å². The molecular formula is C18H17F3N2O4. The summed E-state index contributed by atoms with van der Waals surface area (Å²) in [5.74, 6) is -2.59. The summed E-state index contributed by atoms with van der Waals surface area (Å²) >= 11 is 0. The van der Waals surface area contributed by atoms with E-state index in [0.29, 0.717) is 5.56 Å². The number of rotatable bonds is 7. The fraction of sp³-hybridized carbons (Fsp3) is 0.222. The number of carbonyl (C=O) groups excluding carboxylic acids is 2. The SMILES string of the molecule is COc1ccc(NC(=O)C(=O)NCCc2ccccc2F)cc1OC(F)F. The topological polar surface area (TPSA) is 76.7 Å². The van der Waals surface area contributed by atoms with Crippen LogP contribution in [0.15, 0.2) is 42.5 Å². The summed E-state index contributed by atoms with van der Waals surface area (Å²) in [7, 11) is 1.27. The number of anilines is 1. The van der Waals surface area contributed by atoms with Crippen LogP contribution in [-0.4, -0.2) is 32.1 Å². The highest BCUT2D eigenvalue weighted by atomic mass is 19.3. The van der Waals surface area contributed by atoms with Gasteiger partial charge in [-0.3, -0.25) is 9.59 Å². The van der Waals surface area contributed by atoms with E-state index < -0.39 is 24.2 Å². The molecule has 2 aromatic rings. The van der Waals surface area contributed by atoms with Crippen LogP contribution >= 0.6 is 0 Å². The van der Waals surface area contributed by atoms with Crippen molar-refractivity contribution < 1.29 is 32.2 Å². The lowest BCUT2D eigenvalue weighted by atomic mass is 10.1. The van der Waals surface area contributed by atoms with Crippen LogP contribution in [0.2, 0.25) is 0 Å². The van der Waals surface area contributed by atoms with Gasteiger partial charge in [0, 0.05) is 18.3 Å². The normalized spacial score (nSPS) is 10.4. The average Bonchev–Trinajstić information content (AvgIpc) is 2.63. The molecule has 2 rings (SSSR count). The molecule has 0 aliphatic rings. The second kappa shape index (κ2) is 9.46. The van der Waals surface area contributed by atoms with E-state index in [1.807, 2.05) is 0 Å². The number of amides is 2. The van der Waals surface area contributed by atoms with Gasteiger partial charge >= 0.3 is 18.4 Å². The third kappa shape index (κ3) is 5.91. The second-order valence-electron chi connectivity index (χ2n) is 5.30. The zero-order valence-corrected chi connectivity index (χ0v) is 14.3. The van der Waals surface area contributed by atoms with Gasteiger partial charge in [-0.15, -0.1) is 0 Å². The Morgan fingerprint density at radius 2 is 1.81 bits per heavy atom. The van der Waals surface area contributed by atoms with Crippen molar-refractivity contribution in [3.05, 3.63) is 53.8 Å². The van der Waals surface area contributed by atoms with E-state index in [0.717, 1.165) is 6.07 Å². The van der Waals surface area contributed by atoms with E-state index in [-0.39, 0.29) is 30.2 Å². The lowest BCUT2D eigenvalue weighted by Gasteiger charge is -2.12. The number of nitrogens with one attached hydrogen (secondary N) is 2. The van der Waals surface area contributed by atoms with Gasteiger partial charge in [0.2, 0.25) is 0 Å². The smallest absolute Gasteiger partial charge is 0.387 e. The standard InChI is InChI=1S/C18H17F3N2O4/c1-26-14-7-6-12(10-15(14)27-18(20)21)23-17(25)16(24)22-9-8-11-4-2-3-5-13(11)19/h2-7,10,18H,8-9H2,1H3,(H,22,24)(H,23,25). The maximum atomic E-state index is 13.5. The van der Waals surface area contributed by atoms with E-state index >= 15 is 0 Å². The molecule has 27 heavy (non-hydrogen) atoms. The number of benzene rings is 2. The van der Waals surface area contributed by atoms with Crippen molar-refractivity contribution in [1.29, 1.82) is 0 Å². The summed E-state index contributed by atoms with van der Waals surface area (Å²) in [6.45, 7) is -3.03. The number of hydrogen-bond acceptors (Lipinski definition) is 4. The van der Waals surface area contributed by atoms with Crippen LogP contribution in [0, 0.1) is 5.82 Å². The first-order chi connectivity index (χ1) is 12.9. The van der Waals surface area contributed by atoms with Crippen molar-refractivity contribution in [2.45, 2.75) is 13.0 Å². The predicted octanol–water partition coefficient (Wildman–Crippen LogP) is 2.73. The zero-order chi connectivity index (χ0) is 19.8. The van der Waals surface area contributed by atoms with Crippen LogP contribution in [0.4, 0.5) is 18.9 Å². The molecule has 2 aromatic carbocycles. The third-order valence-electron chi connectivity index (χ3n) is 3.48. The number of ether oxygens (including phenoxy) is 2. The van der Waals surface area contributed by atoms with Crippen molar-refractivity contribution in [1.82, 2.24) is 5.32 Å². The van der Waals surface area contributed by atoms with Crippen LogP contribution in [0.1, 0.15) is 5.56 Å². The summed E-state index contributed by atoms with van der Waals surface area (Å²) in [5.41, 5.74) is 0.475. The van der Waals surface area contributed by atoms with E-state index in [2.05, 4.69) is 15.4 Å². The molecule has 0 spiro atoms. The first-order valence-electron chi connectivity index (χ1n) is 7.86. The van der Waals surface area contributed by atoms with Gasteiger partial charge in [-0.2, -0.15) is 8.78 Å². The molecule has 144 valence electrons. The minimum absolute atomic E-state index is 0.0441. The highest BCUT2D eigenvalue weighted by Crippen LogP contribution is 2.31. The molecule has 0 unspecified atom stereocenters. The maximum absolute atomic E-state index is 13.5. The highest BCUT2D eigenvalue weighted by Gasteiger charge is 2.16. The first kappa shape index (κ1) is 20.1. The molecule has 2 N–H and O–H groups in total. The molecule has 2 amide bonds. The first-order valence-corrected chi connectivity index (χ1v) is 7.86. The third-order valence-corrected chi connectivity index (χ3v) is 3.48. The lowest BCUT2D eigenvalue weighted by molar-refractivity contribution is -0.136. The molecular weight excluding hydrogens is 365 g/mol. The Morgan fingerprint density at radius 3 is 2.48 bits per heavy atom. The van der Waals surface area contributed by atoms with Crippen molar-refractivity contribution in [3.63, 3.8) is 0 Å². The van der Waals surface area contributed by atoms with E-state index in [1.165, 1.54) is 25.3 Å². The summed E-state index contributed by atoms with van der Waals surface area (Å²) in [6.07, 6.45) is 0.209. The van der Waals surface area contributed by atoms with Gasteiger partial charge in [0.25, 0.3) is 0 Å². The molecule has 0 aliphatic heterocycles. The molecule has 0 aromatic heterocycles. The van der Waals surface area contributed by atoms with E-state index in [4.69, 9.17) is 4.74 Å². The van der Waals surface area contributed by atoms with Gasteiger partial charge in [-0.05, 0) is 30.2 Å². The summed E-state index contributed by atoms with van der Waals surface area (Å²) < 4.78 is 47.5. The molecule has 9 heteroatoms. The largest absolute Gasteiger partial charge is 0.493 e. The van der Waals surface area contributed by atoms with Crippen LogP contribution in [0.5, 0.6) is 11.5 Å². The number of halogens is 3. The van der Waals surface area contributed by atoms with Crippen LogP contribution in [0.25, 0.3) is 0 Å². The zero-order valence-electron chi connectivity index (χ0n) is 14.3. The monoisotopic (exact) mass is 382 g/mol. The Bertz CT molecular complexity index is 815. The average molecular weight is 382 g/mol. The van der Waals surface area contributed by atoms with E-state index in [1.54, 1.807) is 18.2 Å². The van der Waals surface area contributed by atoms with Gasteiger partial charge < -0.3 is 20.1 Å². The Labute approximate surface area is 153 Å². The molecule has 0 bridgehead atoms. The maximum Gasteiger partial charge on any atom is 0.387 e. The Morgan fingerprint density at radius 1 is 1.07 bits per heavy atom. The molecule has 0 fully saturated rings. The van der Waals surface area contributed by atoms with Crippen molar-refractivity contribution >= 4 is 17.5 Å². The predicted molar refractivity (Wildman–Crippen MR) is 91.4 cm³/mol. The van der Waals surface area contributed by atoms with Crippen LogP contribution < -0.4 is 20.1 Å². The molecule has 0 radical (unpaired) electrons. The Balaban J connectivity index is 1.92. The molecule has 0 atom stereocenters. The summed E-state index contributed by atoms with van der Waals surface area (Å²) in [4.78, 5) is 23.7. The quantitative estimate of drug-likeness (QED) is 0.722. The Kier molecular flexibility index (Phi) is 7.04. The minimum atomic E-state index is -3.08. The molecule has 0 aliphatic carbocycles. The minimum Gasteiger partial charge on any atom is -0.493 e. The summed E-state index contributed by atoms with van der Waals surface area (Å²) in [5, 5.41) is 4.62. The van der Waals surface area contributed by atoms with E-state index in [9.17, 15) is 22.8 Å². The molecule has 0 saturated carbocycles. The molecule has 0 saturated heterocycles. The van der Waals surface area contributed by atoms with Crippen molar-refractivity contribution in [2.75, 3.05) is 19.0 Å². The van der Waals surface area contributed by atoms with Crippen LogP contribution in [0.3, 0.4) is 0 Å². The van der Waals surface area contributed by atoms with Crippen LogP contribution in [-0.2, 0) is 16.0 Å². The van der Waals surface area contributed by atoms with Gasteiger partial charge in [-0.1, -0.05) is 18.2 Å². The number of hydrogen-bond donors (Lipinski definition) is 2. The highest BCUT2D eigenvalue weighted by molar-refractivity contribution is 6.39. The molecule has 0 heterocycles. The van der Waals surface area contributed by atoms with Gasteiger partial charge in [0.15, 0.2) is 11.5 Å². The second-order valence-corrected chi connectivity index (χ2v) is 5.30. The Hall–Kier alpha value is -3.23. The van der Waals surface area contributed by atoms with Gasteiger partial charge in [0.05, 0.1) is 7.11 Å². The fourth-order valence-electron chi connectivity index (χ4n) is 2.22. The van der Waals surface area contributed by atoms with Crippen molar-refractivity contribution in [2.24, 2.45) is 0 Å². The fourth-order valence-corrected chi connectivity index (χ4v) is 2.22. The van der Waals surface area contributed by atoms with Gasteiger partial charge in [-0.25, -0.2) is 4.39 Å². The number of methoxy groups -OCH3 is 1. The van der Waals surface area contributed by atoms with Crippen molar-refractivity contribution in [3.8, 4) is 11.5 Å². The number of carbonyl (C=O) groups is 2. The number of alkyl halides is 2. The lowest BCUT2D eigenvalue weighted by Crippen LogP contribution is -2.36.